The Balaban J connectivity index is 2.54. The maximum absolute atomic E-state index is 11.7. The Morgan fingerprint density at radius 3 is 2.93 bits per heavy atom. The first-order valence-electron chi connectivity index (χ1n) is 4.95. The summed E-state index contributed by atoms with van der Waals surface area (Å²) in [5, 5.41) is 9.79. The van der Waals surface area contributed by atoms with Gasteiger partial charge in [-0.1, -0.05) is 11.4 Å². The van der Waals surface area contributed by atoms with Crippen molar-refractivity contribution in [1.82, 2.24) is 20.2 Å². The number of carbonyl (C=O) groups excluding carboxylic acids is 1. The first kappa shape index (κ1) is 12.1. The van der Waals surface area contributed by atoms with E-state index in [0.29, 0.717) is 11.4 Å². The summed E-state index contributed by atoms with van der Waals surface area (Å²) in [7, 11) is 1.86. The van der Waals surface area contributed by atoms with Crippen molar-refractivity contribution < 1.29 is 4.79 Å². The van der Waals surface area contributed by atoms with Crippen molar-refractivity contribution in [2.45, 2.75) is 26.3 Å². The third-order valence-electron chi connectivity index (χ3n) is 2.16. The minimum absolute atomic E-state index is 0.0797. The summed E-state index contributed by atoms with van der Waals surface area (Å²) in [5.41, 5.74) is 0.773. The summed E-state index contributed by atoms with van der Waals surface area (Å²) in [6.07, 6.45) is 0.737. The van der Waals surface area contributed by atoms with Gasteiger partial charge in [0.1, 0.15) is 4.88 Å². The van der Waals surface area contributed by atoms with Gasteiger partial charge in [0.05, 0.1) is 5.69 Å². The normalized spacial score (nSPS) is 12.5. The molecule has 0 fully saturated rings. The summed E-state index contributed by atoms with van der Waals surface area (Å²) in [5.74, 6) is -0.0797. The zero-order valence-corrected chi connectivity index (χ0v) is 10.0. The molecule has 5 nitrogen and oxygen atoms in total. The van der Waals surface area contributed by atoms with E-state index in [1.807, 2.05) is 20.9 Å². The van der Waals surface area contributed by atoms with E-state index in [2.05, 4.69) is 20.2 Å². The SMILES string of the molecule is CCc1nnsc1C(=O)NCC(C)NC. The van der Waals surface area contributed by atoms with Crippen LogP contribution in [0.2, 0.25) is 0 Å². The Labute approximate surface area is 93.4 Å². The summed E-state index contributed by atoms with van der Waals surface area (Å²) >= 11 is 1.15. The minimum atomic E-state index is -0.0797. The first-order chi connectivity index (χ1) is 7.19. The van der Waals surface area contributed by atoms with E-state index in [1.54, 1.807) is 0 Å². The van der Waals surface area contributed by atoms with E-state index < -0.39 is 0 Å². The number of hydrogen-bond acceptors (Lipinski definition) is 5. The van der Waals surface area contributed by atoms with Crippen LogP contribution in [-0.4, -0.2) is 35.1 Å². The molecule has 1 heterocycles. The van der Waals surface area contributed by atoms with Crippen molar-refractivity contribution in [3.8, 4) is 0 Å². The fraction of sp³-hybridized carbons (Fsp3) is 0.667. The molecule has 0 aliphatic carbocycles. The summed E-state index contributed by atoms with van der Waals surface area (Å²) in [4.78, 5) is 12.3. The average molecular weight is 228 g/mol. The lowest BCUT2D eigenvalue weighted by atomic mass is 10.3. The van der Waals surface area contributed by atoms with Gasteiger partial charge < -0.3 is 10.6 Å². The predicted molar refractivity (Wildman–Crippen MR) is 60.1 cm³/mol. The second-order valence-corrected chi connectivity index (χ2v) is 4.06. The number of likely N-dealkylation sites (N-methyl/N-ethyl adjacent to an activating group) is 1. The highest BCUT2D eigenvalue weighted by molar-refractivity contribution is 7.08. The second kappa shape index (κ2) is 5.77. The van der Waals surface area contributed by atoms with Crippen molar-refractivity contribution in [3.63, 3.8) is 0 Å². The molecule has 0 radical (unpaired) electrons. The van der Waals surface area contributed by atoms with Crippen LogP contribution in [0.3, 0.4) is 0 Å². The van der Waals surface area contributed by atoms with Crippen LogP contribution in [-0.2, 0) is 6.42 Å². The monoisotopic (exact) mass is 228 g/mol. The van der Waals surface area contributed by atoms with Crippen LogP contribution in [0.5, 0.6) is 0 Å². The molecule has 0 saturated carbocycles. The number of nitrogens with zero attached hydrogens (tertiary/aromatic N) is 2. The molecule has 1 unspecified atom stereocenters. The highest BCUT2D eigenvalue weighted by atomic mass is 32.1. The molecule has 0 aliphatic heterocycles. The van der Waals surface area contributed by atoms with Gasteiger partial charge in [0.2, 0.25) is 0 Å². The Morgan fingerprint density at radius 1 is 1.60 bits per heavy atom. The largest absolute Gasteiger partial charge is 0.350 e. The van der Waals surface area contributed by atoms with Gasteiger partial charge in [-0.3, -0.25) is 4.79 Å². The van der Waals surface area contributed by atoms with E-state index in [0.717, 1.165) is 23.6 Å². The van der Waals surface area contributed by atoms with Crippen molar-refractivity contribution >= 4 is 17.4 Å². The van der Waals surface area contributed by atoms with Crippen LogP contribution < -0.4 is 10.6 Å². The molecule has 1 aromatic rings. The quantitative estimate of drug-likeness (QED) is 0.767. The van der Waals surface area contributed by atoms with Gasteiger partial charge in [-0.15, -0.1) is 5.10 Å². The van der Waals surface area contributed by atoms with Crippen LogP contribution in [0.25, 0.3) is 0 Å². The van der Waals surface area contributed by atoms with Gasteiger partial charge >= 0.3 is 0 Å². The number of aryl methyl sites for hydroxylation is 1. The topological polar surface area (TPSA) is 66.9 Å². The number of hydrogen-bond donors (Lipinski definition) is 2. The number of carbonyl (C=O) groups is 1. The molecule has 0 bridgehead atoms. The molecule has 1 aromatic heterocycles. The molecule has 0 spiro atoms. The first-order valence-corrected chi connectivity index (χ1v) is 5.73. The molecule has 6 heteroatoms. The maximum atomic E-state index is 11.7. The van der Waals surface area contributed by atoms with Gasteiger partial charge in [0.25, 0.3) is 5.91 Å². The zero-order valence-electron chi connectivity index (χ0n) is 9.20. The van der Waals surface area contributed by atoms with Crippen molar-refractivity contribution in [1.29, 1.82) is 0 Å². The number of aromatic nitrogens is 2. The molecule has 1 atom stereocenters. The minimum Gasteiger partial charge on any atom is -0.350 e. The molecule has 2 N–H and O–H groups in total. The van der Waals surface area contributed by atoms with Crippen LogP contribution in [0.4, 0.5) is 0 Å². The van der Waals surface area contributed by atoms with Gasteiger partial charge in [0, 0.05) is 12.6 Å². The van der Waals surface area contributed by atoms with E-state index >= 15 is 0 Å². The highest BCUT2D eigenvalue weighted by Crippen LogP contribution is 2.10. The fourth-order valence-corrected chi connectivity index (χ4v) is 1.71. The fourth-order valence-electron chi connectivity index (χ4n) is 1.04. The molecule has 0 aliphatic rings. The Hall–Kier alpha value is -1.01. The van der Waals surface area contributed by atoms with Crippen molar-refractivity contribution in [2.24, 2.45) is 0 Å². The van der Waals surface area contributed by atoms with Crippen molar-refractivity contribution in [3.05, 3.63) is 10.6 Å². The van der Waals surface area contributed by atoms with Gasteiger partial charge in [0.15, 0.2) is 0 Å². The standard InChI is InChI=1S/C9H16N4OS/c1-4-7-8(15-13-12-7)9(14)11-5-6(2)10-3/h6,10H,4-5H2,1-3H3,(H,11,14). The third-order valence-corrected chi connectivity index (χ3v) is 2.93. The molecule has 84 valence electrons. The Bertz CT molecular complexity index is 326. The smallest absolute Gasteiger partial charge is 0.265 e. The molecular formula is C9H16N4OS. The van der Waals surface area contributed by atoms with Gasteiger partial charge in [-0.2, -0.15) is 0 Å². The summed E-state index contributed by atoms with van der Waals surface area (Å²) < 4.78 is 3.78. The highest BCUT2D eigenvalue weighted by Gasteiger charge is 2.14. The molecule has 0 aromatic carbocycles. The molecule has 1 rings (SSSR count). The van der Waals surface area contributed by atoms with Crippen LogP contribution in [0.15, 0.2) is 0 Å². The van der Waals surface area contributed by atoms with Crippen LogP contribution >= 0.6 is 11.5 Å². The predicted octanol–water partition coefficient (Wildman–Crippen LogP) is 0.438. The lowest BCUT2D eigenvalue weighted by molar-refractivity contribution is 0.0953. The van der Waals surface area contributed by atoms with E-state index in [-0.39, 0.29) is 11.9 Å². The molecule has 0 saturated heterocycles. The van der Waals surface area contributed by atoms with E-state index in [1.165, 1.54) is 0 Å². The lowest BCUT2D eigenvalue weighted by Gasteiger charge is -2.10. The number of rotatable bonds is 5. The molecule has 1 amide bonds. The maximum Gasteiger partial charge on any atom is 0.265 e. The molecule has 15 heavy (non-hydrogen) atoms. The zero-order chi connectivity index (χ0) is 11.3. The molecular weight excluding hydrogens is 212 g/mol. The number of nitrogens with one attached hydrogen (secondary N) is 2. The van der Waals surface area contributed by atoms with Gasteiger partial charge in [-0.25, -0.2) is 0 Å². The van der Waals surface area contributed by atoms with Gasteiger partial charge in [-0.05, 0) is 31.9 Å². The van der Waals surface area contributed by atoms with Crippen molar-refractivity contribution in [2.75, 3.05) is 13.6 Å². The van der Waals surface area contributed by atoms with E-state index in [9.17, 15) is 4.79 Å². The number of amides is 1. The third kappa shape index (κ3) is 3.24. The summed E-state index contributed by atoms with van der Waals surface area (Å²) in [6, 6.07) is 0.264. The van der Waals surface area contributed by atoms with Crippen LogP contribution in [0.1, 0.15) is 29.2 Å². The second-order valence-electron chi connectivity index (χ2n) is 3.30. The average Bonchev–Trinajstić information content (AvgIpc) is 2.73. The lowest BCUT2D eigenvalue weighted by Crippen LogP contribution is -2.37. The summed E-state index contributed by atoms with van der Waals surface area (Å²) in [6.45, 7) is 4.58. The van der Waals surface area contributed by atoms with Crippen LogP contribution in [0, 0.1) is 0 Å². The Kier molecular flexibility index (Phi) is 4.64. The Morgan fingerprint density at radius 2 is 2.33 bits per heavy atom. The van der Waals surface area contributed by atoms with E-state index in [4.69, 9.17) is 0 Å².